The third kappa shape index (κ3) is 4.44. The van der Waals surface area contributed by atoms with Crippen molar-refractivity contribution < 1.29 is 9.59 Å². The molecule has 6 nitrogen and oxygen atoms in total. The van der Waals surface area contributed by atoms with Gasteiger partial charge in [0.2, 0.25) is 5.91 Å². The quantitative estimate of drug-likeness (QED) is 0.631. The summed E-state index contributed by atoms with van der Waals surface area (Å²) in [4.78, 5) is 24.7. The number of aryl methyl sites for hydroxylation is 1. The van der Waals surface area contributed by atoms with Gasteiger partial charge in [-0.3, -0.25) is 9.59 Å². The molecule has 29 heavy (non-hydrogen) atoms. The summed E-state index contributed by atoms with van der Waals surface area (Å²) >= 11 is 12.1. The van der Waals surface area contributed by atoms with Crippen molar-refractivity contribution in [2.24, 2.45) is 0 Å². The fourth-order valence-electron chi connectivity index (χ4n) is 3.08. The molecule has 0 bridgehead atoms. The molecule has 3 aromatic rings. The molecule has 0 aliphatic heterocycles. The van der Waals surface area contributed by atoms with Crippen LogP contribution in [-0.4, -0.2) is 28.6 Å². The molecule has 2 amide bonds. The van der Waals surface area contributed by atoms with E-state index in [1.165, 1.54) is 0 Å². The van der Waals surface area contributed by atoms with Crippen LogP contribution in [0.2, 0.25) is 10.0 Å². The zero-order valence-electron chi connectivity index (χ0n) is 16.2. The zero-order valence-corrected chi connectivity index (χ0v) is 17.7. The van der Waals surface area contributed by atoms with Crippen LogP contribution in [0.15, 0.2) is 42.5 Å². The van der Waals surface area contributed by atoms with Crippen LogP contribution in [0.3, 0.4) is 0 Å². The summed E-state index contributed by atoms with van der Waals surface area (Å²) in [5.74, 6) is -0.498. The lowest BCUT2D eigenvalue weighted by Gasteiger charge is -2.10. The van der Waals surface area contributed by atoms with Gasteiger partial charge >= 0.3 is 0 Å². The molecule has 2 aromatic carbocycles. The topological polar surface area (TPSA) is 76.0 Å². The highest BCUT2D eigenvalue weighted by molar-refractivity contribution is 6.42. The minimum Gasteiger partial charge on any atom is -0.355 e. The summed E-state index contributed by atoms with van der Waals surface area (Å²) in [5, 5.41) is 10.8. The molecule has 0 fully saturated rings. The van der Waals surface area contributed by atoms with E-state index in [4.69, 9.17) is 23.2 Å². The first kappa shape index (κ1) is 20.9. The molecule has 8 heteroatoms. The molecular weight excluding hydrogens is 411 g/mol. The maximum Gasteiger partial charge on any atom is 0.253 e. The Hall–Kier alpha value is -2.83. The van der Waals surface area contributed by atoms with Gasteiger partial charge in [0.15, 0.2) is 0 Å². The van der Waals surface area contributed by atoms with Crippen molar-refractivity contribution in [2.75, 3.05) is 12.4 Å². The highest BCUT2D eigenvalue weighted by Crippen LogP contribution is 2.26. The molecule has 0 aliphatic carbocycles. The highest BCUT2D eigenvalue weighted by atomic mass is 35.5. The summed E-state index contributed by atoms with van der Waals surface area (Å²) < 4.78 is 1.73. The van der Waals surface area contributed by atoms with Crippen LogP contribution in [0.1, 0.15) is 27.3 Å². The lowest BCUT2D eigenvalue weighted by Crippen LogP contribution is -2.22. The number of carbonyl (C=O) groups is 2. The molecule has 0 aliphatic rings. The normalized spacial score (nSPS) is 10.7. The van der Waals surface area contributed by atoms with Gasteiger partial charge in [-0.05, 0) is 44.2 Å². The van der Waals surface area contributed by atoms with Gasteiger partial charge in [0.05, 0.1) is 39.1 Å². The molecular formula is C21H20Cl2N4O2. The Kier molecular flexibility index (Phi) is 6.25. The van der Waals surface area contributed by atoms with E-state index in [2.05, 4.69) is 15.7 Å². The van der Waals surface area contributed by atoms with Crippen LogP contribution in [0.5, 0.6) is 0 Å². The van der Waals surface area contributed by atoms with Gasteiger partial charge in [-0.1, -0.05) is 35.3 Å². The van der Waals surface area contributed by atoms with Crippen LogP contribution in [-0.2, 0) is 11.2 Å². The fourth-order valence-corrected chi connectivity index (χ4v) is 3.37. The second kappa shape index (κ2) is 8.68. The van der Waals surface area contributed by atoms with E-state index >= 15 is 0 Å². The van der Waals surface area contributed by atoms with E-state index in [-0.39, 0.29) is 18.2 Å². The molecule has 0 saturated carbocycles. The first-order chi connectivity index (χ1) is 13.8. The Bertz CT molecular complexity index is 1090. The van der Waals surface area contributed by atoms with Crippen molar-refractivity contribution in [1.82, 2.24) is 15.1 Å². The fraction of sp³-hybridized carbons (Fsp3) is 0.190. The second-order valence-corrected chi connectivity index (χ2v) is 7.32. The highest BCUT2D eigenvalue weighted by Gasteiger charge is 2.18. The largest absolute Gasteiger partial charge is 0.355 e. The summed E-state index contributed by atoms with van der Waals surface area (Å²) in [7, 11) is 1.55. The summed E-state index contributed by atoms with van der Waals surface area (Å²) in [6, 6.07) is 12.1. The number of nitrogens with one attached hydrogen (secondary N) is 2. The van der Waals surface area contributed by atoms with Gasteiger partial charge in [0.1, 0.15) is 0 Å². The number of hydrogen-bond donors (Lipinski definition) is 2. The Balaban J connectivity index is 1.84. The lowest BCUT2D eigenvalue weighted by molar-refractivity contribution is -0.115. The molecule has 0 radical (unpaired) electrons. The van der Waals surface area contributed by atoms with Crippen molar-refractivity contribution >= 4 is 40.7 Å². The number of nitrogens with zero attached hydrogens (tertiary/aromatic N) is 2. The summed E-state index contributed by atoms with van der Waals surface area (Å²) in [6.45, 7) is 3.74. The van der Waals surface area contributed by atoms with Gasteiger partial charge in [-0.2, -0.15) is 5.10 Å². The maximum absolute atomic E-state index is 12.7. The van der Waals surface area contributed by atoms with Crippen LogP contribution >= 0.6 is 23.2 Å². The predicted octanol–water partition coefficient (Wildman–Crippen LogP) is 4.34. The SMILES string of the molecule is CNC(=O)c1ccccc1NC(=O)Cc1c(C)nn(-c2ccc(Cl)c(Cl)c2)c1C. The van der Waals surface area contributed by atoms with Gasteiger partial charge in [0, 0.05) is 18.3 Å². The number of rotatable bonds is 5. The molecule has 0 unspecified atom stereocenters. The number of benzene rings is 2. The van der Waals surface area contributed by atoms with E-state index in [1.54, 1.807) is 48.1 Å². The molecule has 150 valence electrons. The number of anilines is 1. The van der Waals surface area contributed by atoms with Crippen LogP contribution in [0, 0.1) is 13.8 Å². The van der Waals surface area contributed by atoms with Crippen LogP contribution < -0.4 is 10.6 Å². The molecule has 3 rings (SSSR count). The van der Waals surface area contributed by atoms with Gasteiger partial charge in [-0.25, -0.2) is 4.68 Å². The minimum absolute atomic E-state index is 0.126. The monoisotopic (exact) mass is 430 g/mol. The van der Waals surface area contributed by atoms with E-state index in [9.17, 15) is 9.59 Å². The van der Waals surface area contributed by atoms with E-state index in [0.717, 1.165) is 22.6 Å². The predicted molar refractivity (Wildman–Crippen MR) is 115 cm³/mol. The second-order valence-electron chi connectivity index (χ2n) is 6.51. The number of amides is 2. The summed E-state index contributed by atoms with van der Waals surface area (Å²) in [6.07, 6.45) is 0.126. The third-order valence-corrected chi connectivity index (χ3v) is 5.34. The molecule has 2 N–H and O–H groups in total. The van der Waals surface area contributed by atoms with Crippen molar-refractivity contribution in [2.45, 2.75) is 20.3 Å². The van der Waals surface area contributed by atoms with Crippen molar-refractivity contribution in [3.63, 3.8) is 0 Å². The Labute approximate surface area is 178 Å². The number of carbonyl (C=O) groups excluding carboxylic acids is 2. The van der Waals surface area contributed by atoms with Crippen molar-refractivity contribution in [3.05, 3.63) is 75.0 Å². The minimum atomic E-state index is -0.263. The first-order valence-electron chi connectivity index (χ1n) is 8.93. The first-order valence-corrected chi connectivity index (χ1v) is 9.69. The van der Waals surface area contributed by atoms with Crippen molar-refractivity contribution in [3.8, 4) is 5.69 Å². The smallest absolute Gasteiger partial charge is 0.253 e. The number of hydrogen-bond acceptors (Lipinski definition) is 3. The van der Waals surface area contributed by atoms with E-state index in [0.29, 0.717) is 21.3 Å². The maximum atomic E-state index is 12.7. The van der Waals surface area contributed by atoms with Crippen LogP contribution in [0.4, 0.5) is 5.69 Å². The number of aromatic nitrogens is 2. The zero-order chi connectivity index (χ0) is 21.1. The summed E-state index contributed by atoms with van der Waals surface area (Å²) in [5.41, 5.74) is 4.01. The van der Waals surface area contributed by atoms with E-state index in [1.807, 2.05) is 19.9 Å². The molecule has 0 atom stereocenters. The van der Waals surface area contributed by atoms with Gasteiger partial charge in [0.25, 0.3) is 5.91 Å². The average Bonchev–Trinajstić information content (AvgIpc) is 2.98. The van der Waals surface area contributed by atoms with E-state index < -0.39 is 0 Å². The van der Waals surface area contributed by atoms with Gasteiger partial charge in [-0.15, -0.1) is 0 Å². The Morgan fingerprint density at radius 3 is 2.48 bits per heavy atom. The molecule has 1 heterocycles. The average molecular weight is 431 g/mol. The standard InChI is InChI=1S/C21H20Cl2N4O2/c1-12-16(13(2)27(26-12)14-8-9-17(22)18(23)10-14)11-20(28)25-19-7-5-4-6-15(19)21(29)24-3/h4-10H,11H2,1-3H3,(H,24,29)(H,25,28). The number of para-hydroxylation sites is 1. The van der Waals surface area contributed by atoms with Gasteiger partial charge < -0.3 is 10.6 Å². The van der Waals surface area contributed by atoms with Crippen molar-refractivity contribution in [1.29, 1.82) is 0 Å². The molecule has 0 spiro atoms. The lowest BCUT2D eigenvalue weighted by atomic mass is 10.1. The Morgan fingerprint density at radius 1 is 1.07 bits per heavy atom. The Morgan fingerprint density at radius 2 is 1.79 bits per heavy atom. The number of halogens is 2. The van der Waals surface area contributed by atoms with Crippen LogP contribution in [0.25, 0.3) is 5.69 Å². The third-order valence-electron chi connectivity index (χ3n) is 4.60. The molecule has 1 aromatic heterocycles. The molecule has 0 saturated heterocycles.